The Hall–Kier alpha value is -2.57. The molecule has 0 aliphatic carbocycles. The molecule has 0 spiro atoms. The summed E-state index contributed by atoms with van der Waals surface area (Å²) in [5, 5.41) is 4.12. The number of rotatable bonds is 3. The van der Waals surface area contributed by atoms with Gasteiger partial charge in [0.25, 0.3) is 10.1 Å². The second-order valence-electron chi connectivity index (χ2n) is 5.35. The van der Waals surface area contributed by atoms with Crippen molar-refractivity contribution in [2.45, 2.75) is 11.8 Å². The van der Waals surface area contributed by atoms with Gasteiger partial charge in [-0.25, -0.2) is 0 Å². The monoisotopic (exact) mass is 328 g/mol. The smallest absolute Gasteiger partial charge is 0.295 e. The summed E-state index contributed by atoms with van der Waals surface area (Å²) in [7, 11) is -4.36. The van der Waals surface area contributed by atoms with Crippen LogP contribution in [0.1, 0.15) is 5.56 Å². The summed E-state index contributed by atoms with van der Waals surface area (Å²) >= 11 is 0. The maximum absolute atomic E-state index is 11.7. The number of nitrogen functional groups attached to an aromatic ring is 1. The zero-order chi connectivity index (χ0) is 16.6. The van der Waals surface area contributed by atoms with Crippen LogP contribution in [0.3, 0.4) is 0 Å². The van der Waals surface area contributed by atoms with Crippen molar-refractivity contribution in [2.75, 3.05) is 11.1 Å². The molecular formula is C17H16N2O3S. The molecule has 0 aliphatic heterocycles. The van der Waals surface area contributed by atoms with E-state index < -0.39 is 10.1 Å². The highest BCUT2D eigenvalue weighted by molar-refractivity contribution is 7.86. The molecule has 0 unspecified atom stereocenters. The van der Waals surface area contributed by atoms with Crippen molar-refractivity contribution in [1.29, 1.82) is 0 Å². The number of aryl methyl sites for hydroxylation is 1. The third-order valence-corrected chi connectivity index (χ3v) is 4.54. The van der Waals surface area contributed by atoms with E-state index in [2.05, 4.69) is 5.32 Å². The predicted octanol–water partition coefficient (Wildman–Crippen LogP) is 3.72. The molecule has 0 atom stereocenters. The maximum atomic E-state index is 11.7. The summed E-state index contributed by atoms with van der Waals surface area (Å²) in [6.07, 6.45) is 0. The first-order valence-electron chi connectivity index (χ1n) is 6.98. The van der Waals surface area contributed by atoms with Crippen LogP contribution >= 0.6 is 0 Å². The topological polar surface area (TPSA) is 92.4 Å². The fourth-order valence-electron chi connectivity index (χ4n) is 2.51. The molecule has 3 aromatic carbocycles. The van der Waals surface area contributed by atoms with Crippen LogP contribution in [0.2, 0.25) is 0 Å². The lowest BCUT2D eigenvalue weighted by molar-refractivity contribution is 0.484. The second-order valence-corrected chi connectivity index (χ2v) is 6.74. The minimum atomic E-state index is -4.36. The van der Waals surface area contributed by atoms with E-state index in [1.807, 2.05) is 31.2 Å². The Kier molecular flexibility index (Phi) is 3.71. The molecule has 23 heavy (non-hydrogen) atoms. The number of nitrogens with two attached hydrogens (primary N) is 1. The molecule has 0 aliphatic rings. The first kappa shape index (κ1) is 15.3. The summed E-state index contributed by atoms with van der Waals surface area (Å²) in [4.78, 5) is -0.170. The highest BCUT2D eigenvalue weighted by atomic mass is 32.2. The molecule has 0 aromatic heterocycles. The van der Waals surface area contributed by atoms with Crippen molar-refractivity contribution >= 4 is 38.0 Å². The predicted molar refractivity (Wildman–Crippen MR) is 92.6 cm³/mol. The highest BCUT2D eigenvalue weighted by Crippen LogP contribution is 2.35. The summed E-state index contributed by atoms with van der Waals surface area (Å²) in [5.74, 6) is 0. The SMILES string of the molecule is Cc1ccc(Nc2ccc(N)c3cccc(S(=O)(=O)O)c23)cc1. The van der Waals surface area contributed by atoms with Crippen LogP contribution in [-0.4, -0.2) is 13.0 Å². The zero-order valence-corrected chi connectivity index (χ0v) is 13.3. The molecule has 5 nitrogen and oxygen atoms in total. The minimum Gasteiger partial charge on any atom is -0.398 e. The van der Waals surface area contributed by atoms with E-state index in [-0.39, 0.29) is 4.90 Å². The minimum absolute atomic E-state index is 0.170. The summed E-state index contributed by atoms with van der Waals surface area (Å²) < 4.78 is 32.9. The van der Waals surface area contributed by atoms with E-state index in [4.69, 9.17) is 5.73 Å². The lowest BCUT2D eigenvalue weighted by Crippen LogP contribution is -2.02. The molecule has 0 saturated heterocycles. The first-order chi connectivity index (χ1) is 10.9. The molecular weight excluding hydrogens is 312 g/mol. The fourth-order valence-corrected chi connectivity index (χ4v) is 3.24. The second kappa shape index (κ2) is 5.57. The van der Waals surface area contributed by atoms with Crippen LogP contribution < -0.4 is 11.1 Å². The largest absolute Gasteiger partial charge is 0.398 e. The molecule has 4 N–H and O–H groups in total. The number of anilines is 3. The Morgan fingerprint density at radius 2 is 1.70 bits per heavy atom. The number of hydrogen-bond donors (Lipinski definition) is 3. The van der Waals surface area contributed by atoms with E-state index in [1.165, 1.54) is 6.07 Å². The van der Waals surface area contributed by atoms with Gasteiger partial charge in [0.2, 0.25) is 0 Å². The van der Waals surface area contributed by atoms with Gasteiger partial charge in [0, 0.05) is 27.8 Å². The Morgan fingerprint density at radius 3 is 2.35 bits per heavy atom. The standard InChI is InChI=1S/C17H16N2O3S/c1-11-5-7-12(8-6-11)19-15-10-9-14(18)13-3-2-4-16(17(13)15)23(20,21)22/h2-10,19H,18H2,1H3,(H,20,21,22). The van der Waals surface area contributed by atoms with Crippen molar-refractivity contribution in [2.24, 2.45) is 0 Å². The van der Waals surface area contributed by atoms with Crippen LogP contribution in [0.4, 0.5) is 17.1 Å². The van der Waals surface area contributed by atoms with Crippen LogP contribution in [0, 0.1) is 6.92 Å². The number of nitrogens with one attached hydrogen (secondary N) is 1. The molecule has 3 aromatic rings. The van der Waals surface area contributed by atoms with E-state index in [0.717, 1.165) is 11.3 Å². The lowest BCUT2D eigenvalue weighted by Gasteiger charge is -2.14. The van der Waals surface area contributed by atoms with Gasteiger partial charge in [0.05, 0.1) is 0 Å². The molecule has 6 heteroatoms. The molecule has 3 rings (SSSR count). The zero-order valence-electron chi connectivity index (χ0n) is 12.4. The van der Waals surface area contributed by atoms with E-state index >= 15 is 0 Å². The summed E-state index contributed by atoms with van der Waals surface area (Å²) in [6.45, 7) is 1.98. The van der Waals surface area contributed by atoms with Gasteiger partial charge in [-0.2, -0.15) is 8.42 Å². The highest BCUT2D eigenvalue weighted by Gasteiger charge is 2.17. The van der Waals surface area contributed by atoms with Gasteiger partial charge in [-0.3, -0.25) is 4.55 Å². The fraction of sp³-hybridized carbons (Fsp3) is 0.0588. The third-order valence-electron chi connectivity index (χ3n) is 3.64. The van der Waals surface area contributed by atoms with Gasteiger partial charge < -0.3 is 11.1 Å². The molecule has 0 bridgehead atoms. The van der Waals surface area contributed by atoms with Crippen molar-refractivity contribution in [3.63, 3.8) is 0 Å². The van der Waals surface area contributed by atoms with Crippen LogP contribution in [0.15, 0.2) is 59.5 Å². The molecule has 0 radical (unpaired) electrons. The molecule has 0 amide bonds. The Bertz CT molecular complexity index is 981. The van der Waals surface area contributed by atoms with Crippen LogP contribution in [-0.2, 0) is 10.1 Å². The quantitative estimate of drug-likeness (QED) is 0.503. The summed E-state index contributed by atoms with van der Waals surface area (Å²) in [5.41, 5.74) is 8.89. The Morgan fingerprint density at radius 1 is 1.00 bits per heavy atom. The molecule has 0 fully saturated rings. The molecule has 0 saturated carbocycles. The third kappa shape index (κ3) is 2.99. The van der Waals surface area contributed by atoms with Gasteiger partial charge in [-0.05, 0) is 37.3 Å². The Labute approximate surface area is 134 Å². The van der Waals surface area contributed by atoms with Crippen LogP contribution in [0.5, 0.6) is 0 Å². The van der Waals surface area contributed by atoms with Gasteiger partial charge in [0.1, 0.15) is 4.90 Å². The van der Waals surface area contributed by atoms with Gasteiger partial charge in [-0.1, -0.05) is 29.8 Å². The number of hydrogen-bond acceptors (Lipinski definition) is 4. The Balaban J connectivity index is 2.24. The molecule has 118 valence electrons. The first-order valence-corrected chi connectivity index (χ1v) is 8.42. The normalized spacial score (nSPS) is 11.6. The van der Waals surface area contributed by atoms with E-state index in [0.29, 0.717) is 22.1 Å². The van der Waals surface area contributed by atoms with Crippen molar-refractivity contribution in [3.05, 3.63) is 60.2 Å². The van der Waals surface area contributed by atoms with Crippen molar-refractivity contribution in [1.82, 2.24) is 0 Å². The van der Waals surface area contributed by atoms with E-state index in [1.54, 1.807) is 24.3 Å². The lowest BCUT2D eigenvalue weighted by atomic mass is 10.1. The van der Waals surface area contributed by atoms with Crippen molar-refractivity contribution < 1.29 is 13.0 Å². The van der Waals surface area contributed by atoms with Crippen LogP contribution in [0.25, 0.3) is 10.8 Å². The molecule has 0 heterocycles. The average molecular weight is 328 g/mol. The summed E-state index contributed by atoms with van der Waals surface area (Å²) in [6, 6.07) is 15.7. The van der Waals surface area contributed by atoms with Gasteiger partial charge in [-0.15, -0.1) is 0 Å². The average Bonchev–Trinajstić information content (AvgIpc) is 2.51. The number of benzene rings is 3. The van der Waals surface area contributed by atoms with Gasteiger partial charge in [0.15, 0.2) is 0 Å². The van der Waals surface area contributed by atoms with E-state index in [9.17, 15) is 13.0 Å². The van der Waals surface area contributed by atoms with Crippen molar-refractivity contribution in [3.8, 4) is 0 Å². The van der Waals surface area contributed by atoms with Gasteiger partial charge >= 0.3 is 0 Å². The maximum Gasteiger partial charge on any atom is 0.295 e. The number of fused-ring (bicyclic) bond motifs is 1.